The minimum atomic E-state index is -4.03. The predicted molar refractivity (Wildman–Crippen MR) is 106 cm³/mol. The Bertz CT molecular complexity index is 1270. The smallest absolute Gasteiger partial charge is 0.243 e. The fraction of sp³-hybridized carbons (Fsp3) is 0.263. The minimum Gasteiger partial charge on any atom is -0.302 e. The van der Waals surface area contributed by atoms with Gasteiger partial charge in [-0.1, -0.05) is 11.3 Å². The maximum absolute atomic E-state index is 13.8. The van der Waals surface area contributed by atoms with Gasteiger partial charge in [0, 0.05) is 25.1 Å². The van der Waals surface area contributed by atoms with Crippen LogP contribution in [0.5, 0.6) is 0 Å². The van der Waals surface area contributed by atoms with Crippen LogP contribution in [-0.2, 0) is 14.8 Å². The second kappa shape index (κ2) is 8.17. The largest absolute Gasteiger partial charge is 0.302 e. The Balaban J connectivity index is 1.42. The van der Waals surface area contributed by atoms with E-state index in [1.165, 1.54) is 0 Å². The van der Waals surface area contributed by atoms with Crippen molar-refractivity contribution < 1.29 is 30.8 Å². The Labute approximate surface area is 178 Å². The zero-order valence-corrected chi connectivity index (χ0v) is 17.4. The van der Waals surface area contributed by atoms with Crippen LogP contribution in [0.4, 0.5) is 22.7 Å². The number of anilines is 1. The standard InChI is InChI=1S/C19H15F4N3O3S2/c20-11-7-15(23)17-16(8-11)30-19(24-17)25-18(27)10-3-5-26(6-4-10)31(28,29)12-1-2-13(21)14(22)9-12/h1-2,7-10H,3-6H2,(H,24,25,27). The Morgan fingerprint density at radius 3 is 2.42 bits per heavy atom. The third kappa shape index (κ3) is 4.27. The highest BCUT2D eigenvalue weighted by Crippen LogP contribution is 2.30. The number of halogens is 4. The molecule has 0 aliphatic carbocycles. The van der Waals surface area contributed by atoms with Crippen LogP contribution < -0.4 is 5.32 Å². The lowest BCUT2D eigenvalue weighted by atomic mass is 9.97. The van der Waals surface area contributed by atoms with Gasteiger partial charge in [-0.2, -0.15) is 4.31 Å². The molecule has 2 heterocycles. The van der Waals surface area contributed by atoms with Crippen molar-refractivity contribution in [2.24, 2.45) is 5.92 Å². The van der Waals surface area contributed by atoms with Crippen LogP contribution in [0.1, 0.15) is 12.8 Å². The molecule has 1 saturated heterocycles. The van der Waals surface area contributed by atoms with Gasteiger partial charge >= 0.3 is 0 Å². The van der Waals surface area contributed by atoms with Crippen LogP contribution in [0.2, 0.25) is 0 Å². The SMILES string of the molecule is O=C(Nc1nc2c(F)cc(F)cc2s1)C1CCN(S(=O)(=O)c2ccc(F)c(F)c2)CC1. The summed E-state index contributed by atoms with van der Waals surface area (Å²) in [6.07, 6.45) is 0.394. The van der Waals surface area contributed by atoms with E-state index in [-0.39, 0.29) is 46.2 Å². The molecule has 0 spiro atoms. The lowest BCUT2D eigenvalue weighted by Crippen LogP contribution is -2.41. The third-order valence-electron chi connectivity index (χ3n) is 5.00. The van der Waals surface area contributed by atoms with Gasteiger partial charge in [0.1, 0.15) is 11.3 Å². The number of benzene rings is 2. The van der Waals surface area contributed by atoms with E-state index in [9.17, 15) is 30.8 Å². The number of aromatic nitrogens is 1. The fourth-order valence-corrected chi connectivity index (χ4v) is 5.75. The van der Waals surface area contributed by atoms with Gasteiger partial charge in [0.15, 0.2) is 22.6 Å². The van der Waals surface area contributed by atoms with Gasteiger partial charge in [-0.05, 0) is 37.1 Å². The molecule has 0 unspecified atom stereocenters. The molecular formula is C19H15F4N3O3S2. The van der Waals surface area contributed by atoms with E-state index < -0.39 is 45.1 Å². The lowest BCUT2D eigenvalue weighted by molar-refractivity contribution is -0.120. The van der Waals surface area contributed by atoms with E-state index in [1.54, 1.807) is 0 Å². The molecule has 1 aromatic heterocycles. The quantitative estimate of drug-likeness (QED) is 0.583. The minimum absolute atomic E-state index is 0.0130. The van der Waals surface area contributed by atoms with Gasteiger partial charge in [-0.25, -0.2) is 31.0 Å². The number of sulfonamides is 1. The second-order valence-corrected chi connectivity index (χ2v) is 9.97. The highest BCUT2D eigenvalue weighted by atomic mass is 32.2. The normalized spacial score (nSPS) is 16.0. The first kappa shape index (κ1) is 21.7. The van der Waals surface area contributed by atoms with Crippen molar-refractivity contribution in [1.82, 2.24) is 9.29 Å². The van der Waals surface area contributed by atoms with Gasteiger partial charge < -0.3 is 5.32 Å². The summed E-state index contributed by atoms with van der Waals surface area (Å²) >= 11 is 0.927. The molecule has 1 fully saturated rings. The van der Waals surface area contributed by atoms with E-state index in [4.69, 9.17) is 0 Å². The first-order valence-electron chi connectivity index (χ1n) is 9.17. The predicted octanol–water partition coefficient (Wildman–Crippen LogP) is 3.89. The summed E-state index contributed by atoms with van der Waals surface area (Å²) < 4.78 is 80.2. The molecule has 164 valence electrons. The third-order valence-corrected chi connectivity index (χ3v) is 7.81. The van der Waals surface area contributed by atoms with Gasteiger partial charge in [-0.15, -0.1) is 0 Å². The molecular weight excluding hydrogens is 458 g/mol. The highest BCUT2D eigenvalue weighted by Gasteiger charge is 2.33. The number of nitrogens with one attached hydrogen (secondary N) is 1. The number of hydrogen-bond acceptors (Lipinski definition) is 5. The Morgan fingerprint density at radius 1 is 1.03 bits per heavy atom. The maximum Gasteiger partial charge on any atom is 0.243 e. The molecule has 2 aromatic carbocycles. The first-order valence-corrected chi connectivity index (χ1v) is 11.4. The summed E-state index contributed by atoms with van der Waals surface area (Å²) in [6.45, 7) is 0.0260. The number of piperidine rings is 1. The van der Waals surface area contributed by atoms with Gasteiger partial charge in [0.25, 0.3) is 0 Å². The van der Waals surface area contributed by atoms with E-state index in [1.807, 2.05) is 0 Å². The monoisotopic (exact) mass is 473 g/mol. The van der Waals surface area contributed by atoms with Gasteiger partial charge in [0.2, 0.25) is 15.9 Å². The van der Waals surface area contributed by atoms with Crippen molar-refractivity contribution in [1.29, 1.82) is 0 Å². The molecule has 4 rings (SSSR count). The molecule has 1 N–H and O–H groups in total. The molecule has 31 heavy (non-hydrogen) atoms. The molecule has 0 saturated carbocycles. The number of hydrogen-bond donors (Lipinski definition) is 1. The van der Waals surface area contributed by atoms with Crippen LogP contribution in [0, 0.1) is 29.2 Å². The van der Waals surface area contributed by atoms with Crippen molar-refractivity contribution in [3.05, 3.63) is 53.6 Å². The summed E-state index contributed by atoms with van der Waals surface area (Å²) in [7, 11) is -4.03. The summed E-state index contributed by atoms with van der Waals surface area (Å²) in [6, 6.07) is 4.18. The first-order chi connectivity index (χ1) is 14.6. The van der Waals surface area contributed by atoms with Crippen molar-refractivity contribution >= 4 is 42.6 Å². The number of carbonyl (C=O) groups is 1. The summed E-state index contributed by atoms with van der Waals surface area (Å²) in [4.78, 5) is 16.1. The van der Waals surface area contributed by atoms with E-state index >= 15 is 0 Å². The maximum atomic E-state index is 13.8. The molecule has 1 aliphatic rings. The molecule has 12 heteroatoms. The number of rotatable bonds is 4. The molecule has 1 aliphatic heterocycles. The van der Waals surface area contributed by atoms with E-state index in [0.717, 1.165) is 33.8 Å². The fourth-order valence-electron chi connectivity index (χ4n) is 3.36. The molecule has 0 bridgehead atoms. The lowest BCUT2D eigenvalue weighted by Gasteiger charge is -2.30. The second-order valence-electron chi connectivity index (χ2n) is 7.00. The highest BCUT2D eigenvalue weighted by molar-refractivity contribution is 7.89. The molecule has 0 radical (unpaired) electrons. The van der Waals surface area contributed by atoms with Crippen molar-refractivity contribution in [2.45, 2.75) is 17.7 Å². The van der Waals surface area contributed by atoms with Crippen molar-refractivity contribution in [3.8, 4) is 0 Å². The van der Waals surface area contributed by atoms with Crippen molar-refractivity contribution in [2.75, 3.05) is 18.4 Å². The van der Waals surface area contributed by atoms with E-state index in [2.05, 4.69) is 10.3 Å². The van der Waals surface area contributed by atoms with Crippen LogP contribution in [0.25, 0.3) is 10.2 Å². The average molecular weight is 473 g/mol. The Morgan fingerprint density at radius 2 is 1.74 bits per heavy atom. The Kier molecular flexibility index (Phi) is 5.71. The summed E-state index contributed by atoms with van der Waals surface area (Å²) in [5.41, 5.74) is -0.0471. The topological polar surface area (TPSA) is 79.4 Å². The average Bonchev–Trinajstić information content (AvgIpc) is 3.12. The Hall–Kier alpha value is -2.57. The number of carbonyl (C=O) groups excluding carboxylic acids is 1. The summed E-state index contributed by atoms with van der Waals surface area (Å²) in [5.74, 6) is -4.92. The molecule has 1 amide bonds. The van der Waals surface area contributed by atoms with Crippen LogP contribution in [-0.4, -0.2) is 36.7 Å². The van der Waals surface area contributed by atoms with Crippen LogP contribution >= 0.6 is 11.3 Å². The number of nitrogens with zero attached hydrogens (tertiary/aromatic N) is 2. The van der Waals surface area contributed by atoms with Gasteiger partial charge in [0.05, 0.1) is 9.60 Å². The zero-order chi connectivity index (χ0) is 22.3. The van der Waals surface area contributed by atoms with Crippen LogP contribution in [0.15, 0.2) is 35.2 Å². The number of thiazole rings is 1. The molecule has 6 nitrogen and oxygen atoms in total. The number of fused-ring (bicyclic) bond motifs is 1. The van der Waals surface area contributed by atoms with E-state index in [0.29, 0.717) is 12.1 Å². The number of amides is 1. The van der Waals surface area contributed by atoms with Crippen LogP contribution in [0.3, 0.4) is 0 Å². The van der Waals surface area contributed by atoms with Crippen molar-refractivity contribution in [3.63, 3.8) is 0 Å². The summed E-state index contributed by atoms with van der Waals surface area (Å²) in [5, 5.41) is 2.68. The molecule has 0 atom stereocenters. The zero-order valence-electron chi connectivity index (χ0n) is 15.7. The molecule has 3 aromatic rings. The van der Waals surface area contributed by atoms with Gasteiger partial charge in [-0.3, -0.25) is 4.79 Å².